The fraction of sp³-hybridized carbons (Fsp3) is 0.917. The lowest BCUT2D eigenvalue weighted by Gasteiger charge is -2.32. The number of carbonyl (C=O) groups is 1. The number of likely N-dealkylation sites (tertiary alicyclic amines) is 1. The lowest BCUT2D eigenvalue weighted by Crippen LogP contribution is -2.39. The number of hydrogen-bond acceptors (Lipinski definition) is 3. The number of carboxylic acid groups (broad SMARTS) is 1. The van der Waals surface area contributed by atoms with Gasteiger partial charge in [0.1, 0.15) is 0 Å². The molecule has 0 amide bonds. The highest BCUT2D eigenvalue weighted by Gasteiger charge is 2.32. The maximum Gasteiger partial charge on any atom is 0.332 e. The third-order valence-corrected chi connectivity index (χ3v) is 3.59. The summed E-state index contributed by atoms with van der Waals surface area (Å²) in [5, 5.41) is 8.84. The molecule has 0 bridgehead atoms. The van der Waals surface area contributed by atoms with Crippen LogP contribution in [0.3, 0.4) is 0 Å². The van der Waals surface area contributed by atoms with E-state index >= 15 is 0 Å². The van der Waals surface area contributed by atoms with E-state index in [4.69, 9.17) is 9.84 Å². The number of aliphatic carboxylic acids is 1. The zero-order chi connectivity index (χ0) is 11.5. The minimum atomic E-state index is -0.811. The van der Waals surface area contributed by atoms with Gasteiger partial charge < -0.3 is 14.7 Å². The monoisotopic (exact) mass is 227 g/mol. The quantitative estimate of drug-likeness (QED) is 0.790. The maximum atomic E-state index is 10.8. The van der Waals surface area contributed by atoms with Crippen LogP contribution in [0.4, 0.5) is 0 Å². The molecule has 2 fully saturated rings. The summed E-state index contributed by atoms with van der Waals surface area (Å²) in [6, 6.07) is 0. The van der Waals surface area contributed by atoms with Crippen molar-refractivity contribution in [3.63, 3.8) is 0 Å². The van der Waals surface area contributed by atoms with Crippen LogP contribution in [-0.2, 0) is 9.53 Å². The zero-order valence-corrected chi connectivity index (χ0v) is 9.89. The summed E-state index contributed by atoms with van der Waals surface area (Å²) in [5.74, 6) is -0.0417. The summed E-state index contributed by atoms with van der Waals surface area (Å²) < 4.78 is 5.52. The molecule has 2 saturated heterocycles. The molecule has 0 aliphatic carbocycles. The summed E-state index contributed by atoms with van der Waals surface area (Å²) in [6.07, 6.45) is 3.71. The average molecular weight is 227 g/mol. The maximum absolute atomic E-state index is 10.8. The Balaban J connectivity index is 1.76. The third-order valence-electron chi connectivity index (χ3n) is 3.59. The first kappa shape index (κ1) is 11.9. The predicted molar refractivity (Wildman–Crippen MR) is 60.4 cm³/mol. The van der Waals surface area contributed by atoms with Crippen molar-refractivity contribution in [2.24, 2.45) is 5.92 Å². The van der Waals surface area contributed by atoms with Crippen LogP contribution in [-0.4, -0.2) is 47.8 Å². The molecular formula is C12H21NO3. The van der Waals surface area contributed by atoms with Crippen LogP contribution in [0.2, 0.25) is 0 Å². The topological polar surface area (TPSA) is 49.8 Å². The van der Waals surface area contributed by atoms with Gasteiger partial charge in [0.2, 0.25) is 0 Å². The van der Waals surface area contributed by atoms with E-state index in [9.17, 15) is 4.79 Å². The Morgan fingerprint density at radius 2 is 2.25 bits per heavy atom. The number of ether oxygens (including phenoxy) is 1. The van der Waals surface area contributed by atoms with Gasteiger partial charge in [-0.25, -0.2) is 4.79 Å². The molecule has 2 aliphatic heterocycles. The van der Waals surface area contributed by atoms with Gasteiger partial charge in [0.25, 0.3) is 0 Å². The van der Waals surface area contributed by atoms with E-state index in [2.05, 4.69) is 11.8 Å². The fourth-order valence-electron chi connectivity index (χ4n) is 2.76. The Kier molecular flexibility index (Phi) is 3.82. The summed E-state index contributed by atoms with van der Waals surface area (Å²) in [6.45, 7) is 5.47. The number of carboxylic acids is 1. The van der Waals surface area contributed by atoms with Gasteiger partial charge in [-0.15, -0.1) is 0 Å². The van der Waals surface area contributed by atoms with E-state index in [1.807, 2.05) is 0 Å². The van der Waals surface area contributed by atoms with Gasteiger partial charge in [-0.3, -0.25) is 0 Å². The molecule has 2 aliphatic rings. The number of piperidine rings is 1. The third kappa shape index (κ3) is 2.95. The van der Waals surface area contributed by atoms with Crippen LogP contribution >= 0.6 is 0 Å². The summed E-state index contributed by atoms with van der Waals surface area (Å²) in [4.78, 5) is 13.2. The smallest absolute Gasteiger partial charge is 0.332 e. The normalized spacial score (nSPS) is 36.4. The molecule has 0 aromatic carbocycles. The van der Waals surface area contributed by atoms with Crippen molar-refractivity contribution in [3.8, 4) is 0 Å². The molecule has 0 aromatic rings. The first-order chi connectivity index (χ1) is 7.65. The van der Waals surface area contributed by atoms with Crippen LogP contribution in [0.5, 0.6) is 0 Å². The van der Waals surface area contributed by atoms with E-state index in [0.29, 0.717) is 6.42 Å². The van der Waals surface area contributed by atoms with Gasteiger partial charge in [0.15, 0.2) is 6.10 Å². The molecule has 0 radical (unpaired) electrons. The van der Waals surface area contributed by atoms with Crippen molar-refractivity contribution in [2.45, 2.75) is 44.8 Å². The fourth-order valence-corrected chi connectivity index (χ4v) is 2.76. The van der Waals surface area contributed by atoms with Crippen LogP contribution < -0.4 is 0 Å². The summed E-state index contributed by atoms with van der Waals surface area (Å²) in [5.41, 5.74) is 0. The van der Waals surface area contributed by atoms with Crippen molar-refractivity contribution in [3.05, 3.63) is 0 Å². The highest BCUT2D eigenvalue weighted by molar-refractivity contribution is 5.72. The van der Waals surface area contributed by atoms with Crippen molar-refractivity contribution in [2.75, 3.05) is 19.6 Å². The first-order valence-electron chi connectivity index (χ1n) is 6.26. The van der Waals surface area contributed by atoms with E-state index < -0.39 is 12.1 Å². The van der Waals surface area contributed by atoms with Gasteiger partial charge in [0, 0.05) is 13.1 Å². The Hall–Kier alpha value is -0.610. The van der Waals surface area contributed by atoms with Crippen LogP contribution in [0.15, 0.2) is 0 Å². The molecule has 4 heteroatoms. The van der Waals surface area contributed by atoms with Crippen molar-refractivity contribution in [1.29, 1.82) is 0 Å². The molecule has 4 nitrogen and oxygen atoms in total. The Morgan fingerprint density at radius 3 is 2.88 bits per heavy atom. The molecule has 1 N–H and O–H groups in total. The van der Waals surface area contributed by atoms with Crippen molar-refractivity contribution >= 4 is 5.97 Å². The van der Waals surface area contributed by atoms with E-state index in [-0.39, 0.29) is 6.10 Å². The molecule has 16 heavy (non-hydrogen) atoms. The lowest BCUT2D eigenvalue weighted by molar-refractivity contribution is -0.149. The Bertz CT molecular complexity index is 257. The van der Waals surface area contributed by atoms with Crippen LogP contribution in [0.25, 0.3) is 0 Å². The molecular weight excluding hydrogens is 206 g/mol. The molecule has 2 rings (SSSR count). The second-order valence-electron chi connectivity index (χ2n) is 5.17. The molecule has 0 saturated carbocycles. The highest BCUT2D eigenvalue weighted by atomic mass is 16.5. The predicted octanol–water partition coefficient (Wildman–Crippen LogP) is 1.35. The molecule has 2 heterocycles. The van der Waals surface area contributed by atoms with E-state index in [1.165, 1.54) is 12.8 Å². The number of nitrogens with zero attached hydrogens (tertiary/aromatic N) is 1. The van der Waals surface area contributed by atoms with E-state index in [0.717, 1.165) is 32.0 Å². The average Bonchev–Trinajstić information content (AvgIpc) is 2.66. The lowest BCUT2D eigenvalue weighted by atomic mass is 10.00. The van der Waals surface area contributed by atoms with Gasteiger partial charge in [-0.1, -0.05) is 6.92 Å². The van der Waals surface area contributed by atoms with Gasteiger partial charge in [-0.2, -0.15) is 0 Å². The molecule has 92 valence electrons. The first-order valence-corrected chi connectivity index (χ1v) is 6.26. The minimum absolute atomic E-state index is 0.131. The van der Waals surface area contributed by atoms with Crippen LogP contribution in [0, 0.1) is 5.92 Å². The van der Waals surface area contributed by atoms with Crippen molar-refractivity contribution < 1.29 is 14.6 Å². The second kappa shape index (κ2) is 5.15. The number of hydrogen-bond donors (Lipinski definition) is 1. The standard InChI is InChI=1S/C12H21NO3/c1-9-3-2-6-13(7-9)8-10-4-5-11(16-10)12(14)15/h9-11H,2-8H2,1H3,(H,14,15)/t9?,10-,11+/m1/s1. The zero-order valence-electron chi connectivity index (χ0n) is 9.89. The summed E-state index contributed by atoms with van der Waals surface area (Å²) >= 11 is 0. The molecule has 3 atom stereocenters. The highest BCUT2D eigenvalue weighted by Crippen LogP contribution is 2.23. The molecule has 0 aromatic heterocycles. The summed E-state index contributed by atoms with van der Waals surface area (Å²) in [7, 11) is 0. The molecule has 1 unspecified atom stereocenters. The largest absolute Gasteiger partial charge is 0.479 e. The minimum Gasteiger partial charge on any atom is -0.479 e. The van der Waals surface area contributed by atoms with Gasteiger partial charge >= 0.3 is 5.97 Å². The van der Waals surface area contributed by atoms with Crippen LogP contribution in [0.1, 0.15) is 32.6 Å². The number of rotatable bonds is 3. The van der Waals surface area contributed by atoms with Crippen molar-refractivity contribution in [1.82, 2.24) is 4.90 Å². The molecule has 0 spiro atoms. The van der Waals surface area contributed by atoms with Gasteiger partial charge in [0.05, 0.1) is 6.10 Å². The second-order valence-corrected chi connectivity index (χ2v) is 5.17. The van der Waals surface area contributed by atoms with Gasteiger partial charge in [-0.05, 0) is 38.1 Å². The Labute approximate surface area is 96.6 Å². The van der Waals surface area contributed by atoms with E-state index in [1.54, 1.807) is 0 Å². The SMILES string of the molecule is CC1CCCN(C[C@H]2CC[C@@H](C(=O)O)O2)C1. The Morgan fingerprint density at radius 1 is 1.44 bits per heavy atom.